The van der Waals surface area contributed by atoms with Gasteiger partial charge in [-0.2, -0.15) is 5.26 Å². The molecule has 0 unspecified atom stereocenters. The molecule has 4 nitrogen and oxygen atoms in total. The van der Waals surface area contributed by atoms with E-state index in [1.54, 1.807) is 12.2 Å². The van der Waals surface area contributed by atoms with Crippen molar-refractivity contribution in [2.24, 2.45) is 0 Å². The third-order valence-electron chi connectivity index (χ3n) is 0.433. The van der Waals surface area contributed by atoms with Gasteiger partial charge in [0.25, 0.3) is 0 Å². The smallest absolute Gasteiger partial charge is 0.420 e. The lowest BCUT2D eigenvalue weighted by Gasteiger charge is -1.93. The Hall–Kier alpha value is -1.24. The summed E-state index contributed by atoms with van der Waals surface area (Å²) >= 11 is 0. The van der Waals surface area contributed by atoms with Gasteiger partial charge in [0.1, 0.15) is 0 Å². The SMILES string of the molecule is CCOC(=O)NC#N. The van der Waals surface area contributed by atoms with Crippen LogP contribution < -0.4 is 5.32 Å². The molecule has 0 aromatic heterocycles. The summed E-state index contributed by atoms with van der Waals surface area (Å²) in [4.78, 5) is 10.1. The predicted molar refractivity (Wildman–Crippen MR) is 25.8 cm³/mol. The first-order valence-corrected chi connectivity index (χ1v) is 2.13. The highest BCUT2D eigenvalue weighted by Crippen LogP contribution is 1.71. The molecule has 0 saturated heterocycles. The number of nitrogens with zero attached hydrogens (tertiary/aromatic N) is 1. The number of ether oxygens (including phenoxy) is 1. The molecule has 1 amide bonds. The molecule has 0 aliphatic carbocycles. The lowest BCUT2D eigenvalue weighted by atomic mass is 10.9. The fourth-order valence-electron chi connectivity index (χ4n) is 0.213. The van der Waals surface area contributed by atoms with Crippen LogP contribution in [0.5, 0.6) is 0 Å². The van der Waals surface area contributed by atoms with Crippen LogP contribution in [0, 0.1) is 11.5 Å². The first-order valence-electron chi connectivity index (χ1n) is 2.13. The van der Waals surface area contributed by atoms with Crippen molar-refractivity contribution < 1.29 is 9.53 Å². The monoisotopic (exact) mass is 114 g/mol. The van der Waals surface area contributed by atoms with Gasteiger partial charge in [-0.3, -0.25) is 0 Å². The average Bonchev–Trinajstić information content (AvgIpc) is 1.68. The zero-order chi connectivity index (χ0) is 6.41. The molecular formula is C4H6N2O2. The second kappa shape index (κ2) is 3.93. The Bertz CT molecular complexity index is 116. The third kappa shape index (κ3) is 2.97. The van der Waals surface area contributed by atoms with Gasteiger partial charge in [-0.1, -0.05) is 0 Å². The van der Waals surface area contributed by atoms with Crippen LogP contribution in [0.15, 0.2) is 0 Å². The van der Waals surface area contributed by atoms with Crippen LogP contribution in [-0.4, -0.2) is 12.7 Å². The highest BCUT2D eigenvalue weighted by Gasteiger charge is 1.93. The fourth-order valence-corrected chi connectivity index (χ4v) is 0.213. The summed E-state index contributed by atoms with van der Waals surface area (Å²) in [7, 11) is 0. The molecule has 0 fully saturated rings. The van der Waals surface area contributed by atoms with Crippen LogP contribution in [0.2, 0.25) is 0 Å². The quantitative estimate of drug-likeness (QED) is 0.391. The van der Waals surface area contributed by atoms with Gasteiger partial charge in [0.2, 0.25) is 0 Å². The van der Waals surface area contributed by atoms with E-state index in [1.807, 2.05) is 0 Å². The Kier molecular flexibility index (Phi) is 3.32. The first kappa shape index (κ1) is 6.76. The predicted octanol–water partition coefficient (Wildman–Crippen LogP) is 0.214. The number of nitriles is 1. The molecule has 8 heavy (non-hydrogen) atoms. The van der Waals surface area contributed by atoms with Crippen molar-refractivity contribution in [3.8, 4) is 6.19 Å². The highest BCUT2D eigenvalue weighted by atomic mass is 16.5. The van der Waals surface area contributed by atoms with E-state index in [1.165, 1.54) is 6.19 Å². The van der Waals surface area contributed by atoms with E-state index in [9.17, 15) is 4.79 Å². The molecule has 0 saturated carbocycles. The summed E-state index contributed by atoms with van der Waals surface area (Å²) in [6.07, 6.45) is 0.729. The number of hydrogen-bond donors (Lipinski definition) is 1. The Balaban J connectivity index is 3.23. The van der Waals surface area contributed by atoms with Crippen molar-refractivity contribution in [1.29, 1.82) is 5.26 Å². The van der Waals surface area contributed by atoms with Gasteiger partial charge < -0.3 is 4.74 Å². The van der Waals surface area contributed by atoms with Crippen molar-refractivity contribution in [3.05, 3.63) is 0 Å². The second-order valence-corrected chi connectivity index (χ2v) is 0.957. The molecule has 0 aromatic rings. The van der Waals surface area contributed by atoms with Crippen molar-refractivity contribution in [3.63, 3.8) is 0 Å². The van der Waals surface area contributed by atoms with Crippen LogP contribution in [0.3, 0.4) is 0 Å². The minimum absolute atomic E-state index is 0.285. The molecule has 0 aliphatic heterocycles. The molecule has 0 bridgehead atoms. The molecule has 0 spiro atoms. The van der Waals surface area contributed by atoms with Gasteiger partial charge >= 0.3 is 6.09 Å². The summed E-state index contributed by atoms with van der Waals surface area (Å²) in [6.45, 7) is 1.95. The minimum atomic E-state index is -0.699. The van der Waals surface area contributed by atoms with Gasteiger partial charge in [0.05, 0.1) is 6.61 Å². The average molecular weight is 114 g/mol. The molecule has 4 heteroatoms. The molecule has 0 aliphatic rings. The van der Waals surface area contributed by atoms with E-state index in [0.717, 1.165) is 0 Å². The lowest BCUT2D eigenvalue weighted by molar-refractivity contribution is 0.157. The number of carbonyl (C=O) groups excluding carboxylic acids is 1. The molecule has 0 atom stereocenters. The maximum Gasteiger partial charge on any atom is 0.420 e. The van der Waals surface area contributed by atoms with Crippen LogP contribution in [0.1, 0.15) is 6.92 Å². The van der Waals surface area contributed by atoms with E-state index in [0.29, 0.717) is 0 Å². The molecule has 0 aromatic carbocycles. The van der Waals surface area contributed by atoms with Crippen molar-refractivity contribution >= 4 is 6.09 Å². The van der Waals surface area contributed by atoms with Gasteiger partial charge in [0.15, 0.2) is 6.19 Å². The highest BCUT2D eigenvalue weighted by molar-refractivity contribution is 5.68. The van der Waals surface area contributed by atoms with Crippen LogP contribution in [0.4, 0.5) is 4.79 Å². The summed E-state index contributed by atoms with van der Waals surface area (Å²) in [5.41, 5.74) is 0. The number of carbonyl (C=O) groups is 1. The zero-order valence-electron chi connectivity index (χ0n) is 4.47. The van der Waals surface area contributed by atoms with Gasteiger partial charge in [0, 0.05) is 0 Å². The van der Waals surface area contributed by atoms with E-state index in [-0.39, 0.29) is 6.61 Å². The molecular weight excluding hydrogens is 108 g/mol. The summed E-state index contributed by atoms with van der Waals surface area (Å²) in [6, 6.07) is 0. The topological polar surface area (TPSA) is 62.1 Å². The third-order valence-corrected chi connectivity index (χ3v) is 0.433. The molecule has 1 N–H and O–H groups in total. The summed E-state index contributed by atoms with van der Waals surface area (Å²) < 4.78 is 4.31. The van der Waals surface area contributed by atoms with E-state index >= 15 is 0 Å². The van der Waals surface area contributed by atoms with Crippen LogP contribution in [0.25, 0.3) is 0 Å². The largest absolute Gasteiger partial charge is 0.449 e. The molecule has 0 heterocycles. The van der Waals surface area contributed by atoms with E-state index in [2.05, 4.69) is 4.74 Å². The standard InChI is InChI=1S/C4H6N2O2/c1-2-8-4(7)6-3-5/h2H2,1H3,(H,6,7). The van der Waals surface area contributed by atoms with Gasteiger partial charge in [-0.05, 0) is 6.92 Å². The Labute approximate surface area is 47.1 Å². The molecule has 0 rings (SSSR count). The number of alkyl carbamates (subject to hydrolysis) is 1. The maximum atomic E-state index is 10.1. The molecule has 44 valence electrons. The Morgan fingerprint density at radius 3 is 3.00 bits per heavy atom. The number of hydrogen-bond acceptors (Lipinski definition) is 3. The minimum Gasteiger partial charge on any atom is -0.449 e. The zero-order valence-corrected chi connectivity index (χ0v) is 4.47. The molecule has 0 radical (unpaired) electrons. The second-order valence-electron chi connectivity index (χ2n) is 0.957. The number of amides is 1. The van der Waals surface area contributed by atoms with Crippen LogP contribution in [-0.2, 0) is 4.74 Å². The maximum absolute atomic E-state index is 10.1. The first-order chi connectivity index (χ1) is 3.81. The summed E-state index contributed by atoms with van der Waals surface area (Å²) in [5.74, 6) is 0. The van der Waals surface area contributed by atoms with Gasteiger partial charge in [-0.25, -0.2) is 10.1 Å². The van der Waals surface area contributed by atoms with E-state index < -0.39 is 6.09 Å². The summed E-state index contributed by atoms with van der Waals surface area (Å²) in [5, 5.41) is 9.59. The van der Waals surface area contributed by atoms with Crippen molar-refractivity contribution in [2.45, 2.75) is 6.92 Å². The number of nitrogens with one attached hydrogen (secondary N) is 1. The lowest BCUT2D eigenvalue weighted by Crippen LogP contribution is -2.18. The normalized spacial score (nSPS) is 7.00. The van der Waals surface area contributed by atoms with E-state index in [4.69, 9.17) is 5.26 Å². The van der Waals surface area contributed by atoms with Crippen molar-refractivity contribution in [1.82, 2.24) is 5.32 Å². The Morgan fingerprint density at radius 2 is 2.62 bits per heavy atom. The van der Waals surface area contributed by atoms with Crippen LogP contribution >= 0.6 is 0 Å². The van der Waals surface area contributed by atoms with Crippen molar-refractivity contribution in [2.75, 3.05) is 6.61 Å². The Morgan fingerprint density at radius 1 is 2.00 bits per heavy atom. The fraction of sp³-hybridized carbons (Fsp3) is 0.500. The number of rotatable bonds is 1. The van der Waals surface area contributed by atoms with Gasteiger partial charge in [-0.15, -0.1) is 0 Å².